The topological polar surface area (TPSA) is 67.2 Å². The van der Waals surface area contributed by atoms with Gasteiger partial charge in [-0.3, -0.25) is 9.59 Å². The third-order valence-corrected chi connectivity index (χ3v) is 6.27. The number of esters is 1. The van der Waals surface area contributed by atoms with Gasteiger partial charge in [0.05, 0.1) is 13.2 Å². The molecule has 27 heavy (non-hydrogen) atoms. The molecule has 2 aromatic carbocycles. The number of hydrogen-bond acceptors (Lipinski definition) is 4. The van der Waals surface area contributed by atoms with Crippen LogP contribution in [0.25, 0.3) is 0 Å². The fourth-order valence-corrected chi connectivity index (χ4v) is 4.44. The van der Waals surface area contributed by atoms with Crippen molar-refractivity contribution in [2.75, 3.05) is 7.11 Å². The highest BCUT2D eigenvalue weighted by Crippen LogP contribution is 2.54. The average molecular weight is 491 g/mol. The van der Waals surface area contributed by atoms with Gasteiger partial charge in [-0.2, -0.15) is 5.26 Å². The molecule has 1 saturated carbocycles. The fourth-order valence-electron chi connectivity index (χ4n) is 3.91. The van der Waals surface area contributed by atoms with Crippen LogP contribution in [0.3, 0.4) is 0 Å². The van der Waals surface area contributed by atoms with Crippen LogP contribution in [0.4, 0.5) is 0 Å². The minimum atomic E-state index is -1.47. The Morgan fingerprint density at radius 1 is 1.00 bits per heavy atom. The van der Waals surface area contributed by atoms with Crippen LogP contribution in [-0.4, -0.2) is 18.9 Å². The molecule has 0 bridgehead atoms. The molecule has 3 atom stereocenters. The lowest BCUT2D eigenvalue weighted by Crippen LogP contribution is -2.47. The van der Waals surface area contributed by atoms with Crippen molar-refractivity contribution in [2.24, 2.45) is 5.41 Å². The normalized spacial score (nSPS) is 24.9. The lowest BCUT2D eigenvalue weighted by molar-refractivity contribution is -0.154. The van der Waals surface area contributed by atoms with Gasteiger partial charge >= 0.3 is 5.97 Å². The van der Waals surface area contributed by atoms with E-state index in [-0.39, 0.29) is 18.6 Å². The largest absolute Gasteiger partial charge is 0.468 e. The maximum Gasteiger partial charge on any atom is 0.327 e. The van der Waals surface area contributed by atoms with Gasteiger partial charge in [-0.05, 0) is 35.4 Å². The second-order valence-corrected chi connectivity index (χ2v) is 8.46. The molecule has 1 unspecified atom stereocenters. The number of methoxy groups -OCH3 is 1. The summed E-state index contributed by atoms with van der Waals surface area (Å²) in [5, 5.41) is 10.2. The van der Waals surface area contributed by atoms with E-state index in [1.54, 1.807) is 0 Å². The van der Waals surface area contributed by atoms with E-state index < -0.39 is 23.2 Å². The number of ketones is 1. The number of nitrogens with zero attached hydrogens (tertiary/aromatic N) is 1. The zero-order chi connectivity index (χ0) is 19.6. The third kappa shape index (κ3) is 3.59. The van der Waals surface area contributed by atoms with Crippen molar-refractivity contribution in [3.63, 3.8) is 0 Å². The van der Waals surface area contributed by atoms with Crippen molar-refractivity contribution in [1.82, 2.24) is 0 Å². The minimum absolute atomic E-state index is 0.0330. The van der Waals surface area contributed by atoms with E-state index >= 15 is 0 Å². The third-order valence-electron chi connectivity index (χ3n) is 5.22. The summed E-state index contributed by atoms with van der Waals surface area (Å²) in [4.78, 5) is 25.6. The quantitative estimate of drug-likeness (QED) is 0.559. The number of halogens is 2. The molecule has 0 heterocycles. The highest BCUT2D eigenvalue weighted by molar-refractivity contribution is 9.10. The van der Waals surface area contributed by atoms with Gasteiger partial charge in [0, 0.05) is 33.6 Å². The zero-order valence-electron chi connectivity index (χ0n) is 14.6. The molecule has 1 fully saturated rings. The number of ether oxygens (including phenoxy) is 1. The SMILES string of the molecule is COC(=O)C1(C#N)[C@@H](c2ccc(Br)cc2)CC(=O)C[C@H]1c1ccc(Br)cc1. The van der Waals surface area contributed by atoms with Crippen molar-refractivity contribution < 1.29 is 14.3 Å². The van der Waals surface area contributed by atoms with E-state index in [4.69, 9.17) is 4.74 Å². The van der Waals surface area contributed by atoms with Crippen LogP contribution < -0.4 is 0 Å². The molecule has 0 spiro atoms. The van der Waals surface area contributed by atoms with E-state index in [0.717, 1.165) is 20.1 Å². The summed E-state index contributed by atoms with van der Waals surface area (Å²) < 4.78 is 6.85. The first-order chi connectivity index (χ1) is 12.9. The predicted molar refractivity (Wildman–Crippen MR) is 108 cm³/mol. The molecule has 3 rings (SSSR count). The summed E-state index contributed by atoms with van der Waals surface area (Å²) in [6.45, 7) is 0. The average Bonchev–Trinajstić information content (AvgIpc) is 2.68. The lowest BCUT2D eigenvalue weighted by atomic mass is 9.56. The molecule has 138 valence electrons. The number of benzene rings is 2. The molecule has 6 heteroatoms. The van der Waals surface area contributed by atoms with Gasteiger partial charge < -0.3 is 4.74 Å². The second-order valence-electron chi connectivity index (χ2n) is 6.63. The molecule has 0 saturated heterocycles. The molecular weight excluding hydrogens is 474 g/mol. The van der Waals surface area contributed by atoms with Gasteiger partial charge in [-0.15, -0.1) is 0 Å². The fraction of sp³-hybridized carbons (Fsp3) is 0.286. The Morgan fingerprint density at radius 3 is 1.74 bits per heavy atom. The number of carbonyl (C=O) groups is 2. The molecule has 0 N–H and O–H groups in total. The van der Waals surface area contributed by atoms with Gasteiger partial charge in [0.1, 0.15) is 5.78 Å². The van der Waals surface area contributed by atoms with Crippen LogP contribution in [0.1, 0.15) is 35.8 Å². The molecule has 0 radical (unpaired) electrons. The molecule has 4 nitrogen and oxygen atoms in total. The number of rotatable bonds is 3. The van der Waals surface area contributed by atoms with Crippen LogP contribution in [-0.2, 0) is 14.3 Å². The van der Waals surface area contributed by atoms with Crippen LogP contribution in [0.15, 0.2) is 57.5 Å². The van der Waals surface area contributed by atoms with E-state index in [1.165, 1.54) is 7.11 Å². The molecule has 0 amide bonds. The monoisotopic (exact) mass is 489 g/mol. The first-order valence-electron chi connectivity index (χ1n) is 8.44. The summed E-state index contributed by atoms with van der Waals surface area (Å²) in [7, 11) is 1.29. The van der Waals surface area contributed by atoms with Crippen molar-refractivity contribution in [3.05, 3.63) is 68.6 Å². The first-order valence-corrected chi connectivity index (χ1v) is 10.0. The summed E-state index contributed by atoms with van der Waals surface area (Å²) in [5.74, 6) is -1.71. The summed E-state index contributed by atoms with van der Waals surface area (Å²) >= 11 is 6.79. The van der Waals surface area contributed by atoms with Gasteiger partial charge in [0.2, 0.25) is 0 Å². The van der Waals surface area contributed by atoms with Gasteiger partial charge in [-0.25, -0.2) is 0 Å². The Labute approximate surface area is 174 Å². The first kappa shape index (κ1) is 19.8. The molecule has 0 aromatic heterocycles. The number of carbonyl (C=O) groups excluding carboxylic acids is 2. The maximum atomic E-state index is 13.0. The number of nitriles is 1. The van der Waals surface area contributed by atoms with Gasteiger partial charge in [0.15, 0.2) is 5.41 Å². The molecule has 2 aromatic rings. The number of hydrogen-bond donors (Lipinski definition) is 0. The Hall–Kier alpha value is -1.97. The minimum Gasteiger partial charge on any atom is -0.468 e. The summed E-state index contributed by atoms with van der Waals surface area (Å²) in [5.41, 5.74) is 0.0882. The van der Waals surface area contributed by atoms with Gasteiger partial charge in [0.25, 0.3) is 0 Å². The van der Waals surface area contributed by atoms with E-state index in [9.17, 15) is 14.9 Å². The number of Topliss-reactive ketones (excluding diaryl/α,β-unsaturated/α-hetero) is 1. The van der Waals surface area contributed by atoms with Crippen LogP contribution in [0, 0.1) is 16.7 Å². The van der Waals surface area contributed by atoms with Crippen molar-refractivity contribution in [1.29, 1.82) is 5.26 Å². The van der Waals surface area contributed by atoms with Gasteiger partial charge in [-0.1, -0.05) is 56.1 Å². The standard InChI is InChI=1S/C21H17Br2NO3/c1-27-20(26)21(12-24)18(13-2-6-15(22)7-3-13)10-17(25)11-19(21)14-4-8-16(23)9-5-14/h2-9,18-19H,10-11H2,1H3/t18-,19+,21?. The highest BCUT2D eigenvalue weighted by Gasteiger charge is 2.58. The smallest absolute Gasteiger partial charge is 0.327 e. The van der Waals surface area contributed by atoms with Crippen LogP contribution >= 0.6 is 31.9 Å². The molecule has 0 aliphatic heterocycles. The van der Waals surface area contributed by atoms with Crippen molar-refractivity contribution in [3.8, 4) is 6.07 Å². The predicted octanol–water partition coefficient (Wildman–Crippen LogP) is 5.12. The lowest BCUT2D eigenvalue weighted by Gasteiger charge is -2.42. The Balaban J connectivity index is 2.20. The summed E-state index contributed by atoms with van der Waals surface area (Å²) in [6, 6.07) is 17.1. The van der Waals surface area contributed by atoms with Crippen LogP contribution in [0.2, 0.25) is 0 Å². The summed E-state index contributed by atoms with van der Waals surface area (Å²) in [6.07, 6.45) is 0.272. The second kappa shape index (κ2) is 7.95. The van der Waals surface area contributed by atoms with Crippen LogP contribution in [0.5, 0.6) is 0 Å². The van der Waals surface area contributed by atoms with E-state index in [0.29, 0.717) is 0 Å². The molecule has 1 aliphatic rings. The Kier molecular flexibility index (Phi) is 5.83. The van der Waals surface area contributed by atoms with E-state index in [2.05, 4.69) is 37.9 Å². The van der Waals surface area contributed by atoms with Crippen molar-refractivity contribution in [2.45, 2.75) is 24.7 Å². The Bertz CT molecular complexity index is 843. The van der Waals surface area contributed by atoms with Crippen molar-refractivity contribution >= 4 is 43.6 Å². The molecular formula is C21H17Br2NO3. The highest BCUT2D eigenvalue weighted by atomic mass is 79.9. The zero-order valence-corrected chi connectivity index (χ0v) is 17.8. The molecule has 1 aliphatic carbocycles. The maximum absolute atomic E-state index is 13.0. The van der Waals surface area contributed by atoms with E-state index in [1.807, 2.05) is 48.5 Å². The Morgan fingerprint density at radius 2 is 1.41 bits per heavy atom.